The van der Waals surface area contributed by atoms with Gasteiger partial charge in [0.25, 0.3) is 0 Å². The van der Waals surface area contributed by atoms with Crippen LogP contribution in [-0.2, 0) is 0 Å². The molecule has 0 aliphatic carbocycles. The molecule has 0 bridgehead atoms. The SMILES string of the molecule is C=C(CN(CC)C(C)CC)[B-](F)(F)F.[K+]. The molecule has 0 amide bonds. The Hall–Kier alpha value is 1.19. The maximum absolute atomic E-state index is 12.2. The zero-order chi connectivity index (χ0) is 11.4. The summed E-state index contributed by atoms with van der Waals surface area (Å²) >= 11 is 0. The van der Waals surface area contributed by atoms with Gasteiger partial charge in [-0.3, -0.25) is 0 Å². The third-order valence-electron chi connectivity index (χ3n) is 2.49. The Morgan fingerprint density at radius 2 is 1.80 bits per heavy atom. The fourth-order valence-corrected chi connectivity index (χ4v) is 1.20. The summed E-state index contributed by atoms with van der Waals surface area (Å²) in [6.07, 6.45) is 0.853. The molecule has 15 heavy (non-hydrogen) atoms. The molecule has 6 heteroatoms. The van der Waals surface area contributed by atoms with Crippen molar-refractivity contribution < 1.29 is 64.3 Å². The van der Waals surface area contributed by atoms with Crippen LogP contribution in [0.25, 0.3) is 0 Å². The molecule has 84 valence electrons. The minimum Gasteiger partial charge on any atom is -0.445 e. The molecule has 0 spiro atoms. The number of nitrogens with zero attached hydrogens (tertiary/aromatic N) is 1. The van der Waals surface area contributed by atoms with E-state index in [1.165, 1.54) is 0 Å². The van der Waals surface area contributed by atoms with Crippen molar-refractivity contribution in [2.45, 2.75) is 33.2 Å². The molecule has 0 aromatic rings. The third kappa shape index (κ3) is 7.18. The Balaban J connectivity index is 0. The van der Waals surface area contributed by atoms with E-state index in [-0.39, 0.29) is 64.0 Å². The predicted molar refractivity (Wildman–Crippen MR) is 55.2 cm³/mol. The zero-order valence-corrected chi connectivity index (χ0v) is 13.2. The van der Waals surface area contributed by atoms with Crippen LogP contribution in [0.3, 0.4) is 0 Å². The van der Waals surface area contributed by atoms with Crippen molar-refractivity contribution in [2.75, 3.05) is 13.1 Å². The molecule has 0 rings (SSSR count). The number of rotatable bonds is 6. The summed E-state index contributed by atoms with van der Waals surface area (Å²) in [6, 6.07) is 0.176. The van der Waals surface area contributed by atoms with E-state index in [9.17, 15) is 12.9 Å². The van der Waals surface area contributed by atoms with Gasteiger partial charge in [-0.25, -0.2) is 0 Å². The van der Waals surface area contributed by atoms with Crippen LogP contribution >= 0.6 is 0 Å². The van der Waals surface area contributed by atoms with Crippen LogP contribution in [0.5, 0.6) is 0 Å². The molecule has 0 saturated carbocycles. The molecule has 0 saturated heterocycles. The van der Waals surface area contributed by atoms with Crippen LogP contribution in [-0.4, -0.2) is 31.0 Å². The van der Waals surface area contributed by atoms with E-state index in [1.54, 1.807) is 4.90 Å². The van der Waals surface area contributed by atoms with Gasteiger partial charge >= 0.3 is 58.4 Å². The van der Waals surface area contributed by atoms with Crippen LogP contribution < -0.4 is 51.4 Å². The van der Waals surface area contributed by atoms with E-state index < -0.39 is 12.4 Å². The molecule has 0 aromatic heterocycles. The Bertz CT molecular complexity index is 196. The first-order valence-corrected chi connectivity index (χ1v) is 4.94. The van der Waals surface area contributed by atoms with E-state index in [0.717, 1.165) is 6.42 Å². The van der Waals surface area contributed by atoms with E-state index in [1.807, 2.05) is 20.8 Å². The van der Waals surface area contributed by atoms with Crippen molar-refractivity contribution in [1.82, 2.24) is 4.90 Å². The molecule has 0 heterocycles. The quantitative estimate of drug-likeness (QED) is 0.600. The number of hydrogen-bond donors (Lipinski definition) is 0. The standard InChI is InChI=1S/C9H18BF3N.K/c1-5-9(4)14(6-2)7-8(3)10(11,12)13;/h9H,3,5-7H2,1-2,4H3;/q-1;+1. The van der Waals surface area contributed by atoms with Crippen LogP contribution in [0.1, 0.15) is 27.2 Å². The summed E-state index contributed by atoms with van der Waals surface area (Å²) in [7, 11) is 0. The van der Waals surface area contributed by atoms with Gasteiger partial charge < -0.3 is 17.8 Å². The van der Waals surface area contributed by atoms with Crippen molar-refractivity contribution in [3.63, 3.8) is 0 Å². The first kappa shape index (κ1) is 18.6. The van der Waals surface area contributed by atoms with Gasteiger partial charge in [0.2, 0.25) is 0 Å². The number of halogens is 3. The van der Waals surface area contributed by atoms with Gasteiger partial charge in [0.15, 0.2) is 0 Å². The monoisotopic (exact) mass is 247 g/mol. The molecule has 0 fully saturated rings. The second-order valence-electron chi connectivity index (χ2n) is 3.55. The first-order valence-electron chi connectivity index (χ1n) is 4.94. The zero-order valence-electron chi connectivity index (χ0n) is 10.1. The van der Waals surface area contributed by atoms with Gasteiger partial charge in [0.05, 0.1) is 0 Å². The molecule has 1 atom stereocenters. The van der Waals surface area contributed by atoms with Crippen molar-refractivity contribution in [2.24, 2.45) is 0 Å². The molecule has 0 radical (unpaired) electrons. The molecular weight excluding hydrogens is 229 g/mol. The van der Waals surface area contributed by atoms with E-state index in [4.69, 9.17) is 0 Å². The smallest absolute Gasteiger partial charge is 0.445 e. The largest absolute Gasteiger partial charge is 1.00 e. The summed E-state index contributed by atoms with van der Waals surface area (Å²) in [6.45, 7) is 4.54. The van der Waals surface area contributed by atoms with Gasteiger partial charge in [0, 0.05) is 6.04 Å². The van der Waals surface area contributed by atoms with Gasteiger partial charge in [-0.1, -0.05) is 13.8 Å². The number of likely N-dealkylation sites (N-methyl/N-ethyl adjacent to an activating group) is 1. The van der Waals surface area contributed by atoms with Crippen LogP contribution in [0.4, 0.5) is 12.9 Å². The van der Waals surface area contributed by atoms with Gasteiger partial charge in [-0.15, -0.1) is 12.1 Å². The summed E-state index contributed by atoms with van der Waals surface area (Å²) in [5.41, 5.74) is -0.604. The third-order valence-corrected chi connectivity index (χ3v) is 2.49. The maximum atomic E-state index is 12.2. The van der Waals surface area contributed by atoms with E-state index >= 15 is 0 Å². The van der Waals surface area contributed by atoms with E-state index in [0.29, 0.717) is 6.54 Å². The molecular formula is C9H18BF3KN. The Kier molecular flexibility index (Phi) is 10.3. The second-order valence-corrected chi connectivity index (χ2v) is 3.55. The molecule has 0 aliphatic heterocycles. The van der Waals surface area contributed by atoms with E-state index in [2.05, 4.69) is 6.58 Å². The Labute approximate surface area is 133 Å². The van der Waals surface area contributed by atoms with Crippen molar-refractivity contribution in [3.8, 4) is 0 Å². The van der Waals surface area contributed by atoms with Crippen LogP contribution in [0.15, 0.2) is 12.1 Å². The summed E-state index contributed by atoms with van der Waals surface area (Å²) in [5.74, 6) is 0. The van der Waals surface area contributed by atoms with Crippen LogP contribution in [0, 0.1) is 0 Å². The predicted octanol–water partition coefficient (Wildman–Crippen LogP) is 0.0536. The van der Waals surface area contributed by atoms with Gasteiger partial charge in [0.1, 0.15) is 0 Å². The fourth-order valence-electron chi connectivity index (χ4n) is 1.20. The minimum absolute atomic E-state index is 0. The summed E-state index contributed by atoms with van der Waals surface area (Å²) in [5, 5.41) is 0. The van der Waals surface area contributed by atoms with Gasteiger partial charge in [-0.05, 0) is 26.4 Å². The molecule has 1 nitrogen and oxygen atoms in total. The fraction of sp³-hybridized carbons (Fsp3) is 0.778. The first-order chi connectivity index (χ1) is 6.32. The minimum atomic E-state index is -4.88. The molecule has 0 aromatic carbocycles. The normalized spacial score (nSPS) is 13.5. The number of hydrogen-bond acceptors (Lipinski definition) is 1. The molecule has 0 N–H and O–H groups in total. The molecule has 0 aliphatic rings. The van der Waals surface area contributed by atoms with Gasteiger partial charge in [-0.2, -0.15) is 0 Å². The summed E-state index contributed by atoms with van der Waals surface area (Å²) < 4.78 is 36.7. The maximum Gasteiger partial charge on any atom is 1.00 e. The average Bonchev–Trinajstić information content (AvgIpc) is 2.10. The van der Waals surface area contributed by atoms with Crippen molar-refractivity contribution >= 4 is 6.98 Å². The van der Waals surface area contributed by atoms with Crippen molar-refractivity contribution in [1.29, 1.82) is 0 Å². The van der Waals surface area contributed by atoms with Crippen LogP contribution in [0.2, 0.25) is 0 Å². The second kappa shape index (κ2) is 8.31. The summed E-state index contributed by atoms with van der Waals surface area (Å²) in [4.78, 5) is 1.79. The van der Waals surface area contributed by atoms with Crippen molar-refractivity contribution in [3.05, 3.63) is 12.1 Å². The average molecular weight is 247 g/mol. The topological polar surface area (TPSA) is 3.24 Å². The molecule has 1 unspecified atom stereocenters. The Morgan fingerprint density at radius 3 is 2.07 bits per heavy atom. The Morgan fingerprint density at radius 1 is 1.33 bits per heavy atom.